The van der Waals surface area contributed by atoms with Gasteiger partial charge in [0, 0.05) is 0 Å². The predicted molar refractivity (Wildman–Crippen MR) is 41.8 cm³/mol. The van der Waals surface area contributed by atoms with E-state index in [1.165, 1.54) is 0 Å². The molecule has 1 fully saturated rings. The van der Waals surface area contributed by atoms with E-state index in [0.717, 1.165) is 32.1 Å². The standard InChI is InChI=1S/C8H15NO2/c9-8(11)6-4-2-1-3-5-7(6)10/h6-7,10H,1-5H2,(H2,9,11)/t6-,7+/m1/s1. The van der Waals surface area contributed by atoms with Gasteiger partial charge in [0.1, 0.15) is 0 Å². The van der Waals surface area contributed by atoms with Crippen LogP contribution < -0.4 is 5.73 Å². The molecule has 2 atom stereocenters. The Morgan fingerprint density at radius 3 is 2.55 bits per heavy atom. The second kappa shape index (κ2) is 3.72. The molecule has 0 bridgehead atoms. The van der Waals surface area contributed by atoms with Gasteiger partial charge in [-0.05, 0) is 12.8 Å². The molecule has 64 valence electrons. The molecule has 11 heavy (non-hydrogen) atoms. The van der Waals surface area contributed by atoms with Crippen LogP contribution in [0.2, 0.25) is 0 Å². The van der Waals surface area contributed by atoms with Crippen molar-refractivity contribution < 1.29 is 9.90 Å². The van der Waals surface area contributed by atoms with Gasteiger partial charge in [-0.25, -0.2) is 0 Å². The van der Waals surface area contributed by atoms with E-state index in [1.807, 2.05) is 0 Å². The minimum atomic E-state index is -0.491. The van der Waals surface area contributed by atoms with Gasteiger partial charge in [-0.3, -0.25) is 4.79 Å². The minimum Gasteiger partial charge on any atom is -0.392 e. The van der Waals surface area contributed by atoms with Crippen LogP contribution in [-0.4, -0.2) is 17.1 Å². The molecule has 0 spiro atoms. The van der Waals surface area contributed by atoms with E-state index in [4.69, 9.17) is 5.73 Å². The summed E-state index contributed by atoms with van der Waals surface area (Å²) in [5, 5.41) is 9.42. The molecule has 1 saturated carbocycles. The Bertz CT molecular complexity index is 147. The summed E-state index contributed by atoms with van der Waals surface area (Å²) < 4.78 is 0. The van der Waals surface area contributed by atoms with Crippen molar-refractivity contribution in [3.8, 4) is 0 Å². The molecule has 3 N–H and O–H groups in total. The summed E-state index contributed by atoms with van der Waals surface area (Å²) >= 11 is 0. The van der Waals surface area contributed by atoms with Crippen molar-refractivity contribution in [2.45, 2.75) is 38.2 Å². The zero-order chi connectivity index (χ0) is 8.27. The van der Waals surface area contributed by atoms with Gasteiger partial charge in [0.25, 0.3) is 0 Å². The van der Waals surface area contributed by atoms with Crippen LogP contribution in [-0.2, 0) is 4.79 Å². The smallest absolute Gasteiger partial charge is 0.223 e. The monoisotopic (exact) mass is 157 g/mol. The summed E-state index contributed by atoms with van der Waals surface area (Å²) in [5.41, 5.74) is 5.13. The third-order valence-corrected chi connectivity index (χ3v) is 2.34. The van der Waals surface area contributed by atoms with Gasteiger partial charge in [0.05, 0.1) is 12.0 Å². The Morgan fingerprint density at radius 1 is 1.27 bits per heavy atom. The lowest BCUT2D eigenvalue weighted by Crippen LogP contribution is -2.32. The van der Waals surface area contributed by atoms with Crippen molar-refractivity contribution in [1.82, 2.24) is 0 Å². The molecule has 1 aliphatic carbocycles. The summed E-state index contributed by atoms with van der Waals surface area (Å²) in [5.74, 6) is -0.642. The molecule has 0 saturated heterocycles. The lowest BCUT2D eigenvalue weighted by molar-refractivity contribution is -0.125. The number of aliphatic hydroxyl groups is 1. The fourth-order valence-electron chi connectivity index (χ4n) is 1.62. The van der Waals surface area contributed by atoms with Crippen LogP contribution in [0.25, 0.3) is 0 Å². The maximum absolute atomic E-state index is 10.8. The first-order valence-corrected chi connectivity index (χ1v) is 4.19. The van der Waals surface area contributed by atoms with E-state index < -0.39 is 6.10 Å². The van der Waals surface area contributed by atoms with Gasteiger partial charge < -0.3 is 10.8 Å². The molecule has 0 unspecified atom stereocenters. The lowest BCUT2D eigenvalue weighted by Gasteiger charge is -2.15. The second-order valence-electron chi connectivity index (χ2n) is 3.21. The number of hydrogen-bond acceptors (Lipinski definition) is 2. The highest BCUT2D eigenvalue weighted by Gasteiger charge is 2.25. The highest BCUT2D eigenvalue weighted by atomic mass is 16.3. The predicted octanol–water partition coefficient (Wildman–Crippen LogP) is 0.413. The third-order valence-electron chi connectivity index (χ3n) is 2.34. The van der Waals surface area contributed by atoms with Crippen LogP contribution in [0.15, 0.2) is 0 Å². The van der Waals surface area contributed by atoms with Crippen molar-refractivity contribution in [3.05, 3.63) is 0 Å². The largest absolute Gasteiger partial charge is 0.392 e. The average Bonchev–Trinajstić information content (AvgIpc) is 2.13. The molecule has 1 rings (SSSR count). The lowest BCUT2D eigenvalue weighted by atomic mass is 9.97. The summed E-state index contributed by atoms with van der Waals surface area (Å²) in [6.45, 7) is 0. The molecule has 1 aliphatic rings. The number of rotatable bonds is 1. The van der Waals surface area contributed by atoms with Crippen LogP contribution >= 0.6 is 0 Å². The Hall–Kier alpha value is -0.570. The molecule has 0 aromatic rings. The zero-order valence-corrected chi connectivity index (χ0v) is 6.62. The summed E-state index contributed by atoms with van der Waals surface area (Å²) in [4.78, 5) is 10.8. The van der Waals surface area contributed by atoms with E-state index >= 15 is 0 Å². The fraction of sp³-hybridized carbons (Fsp3) is 0.875. The normalized spacial score (nSPS) is 32.8. The Balaban J connectivity index is 2.52. The maximum Gasteiger partial charge on any atom is 0.223 e. The highest BCUT2D eigenvalue weighted by Crippen LogP contribution is 2.22. The van der Waals surface area contributed by atoms with E-state index in [9.17, 15) is 9.90 Å². The van der Waals surface area contributed by atoms with Crippen molar-refractivity contribution in [2.75, 3.05) is 0 Å². The van der Waals surface area contributed by atoms with Crippen LogP contribution in [0, 0.1) is 5.92 Å². The highest BCUT2D eigenvalue weighted by molar-refractivity contribution is 5.77. The van der Waals surface area contributed by atoms with Gasteiger partial charge in [-0.2, -0.15) is 0 Å². The van der Waals surface area contributed by atoms with E-state index in [2.05, 4.69) is 0 Å². The van der Waals surface area contributed by atoms with E-state index in [-0.39, 0.29) is 11.8 Å². The van der Waals surface area contributed by atoms with E-state index in [1.54, 1.807) is 0 Å². The van der Waals surface area contributed by atoms with Gasteiger partial charge in [-0.15, -0.1) is 0 Å². The second-order valence-corrected chi connectivity index (χ2v) is 3.21. The van der Waals surface area contributed by atoms with E-state index in [0.29, 0.717) is 0 Å². The first kappa shape index (κ1) is 8.53. The van der Waals surface area contributed by atoms with Crippen LogP contribution in [0.4, 0.5) is 0 Å². The maximum atomic E-state index is 10.8. The number of aliphatic hydroxyl groups excluding tert-OH is 1. The Labute approximate surface area is 66.6 Å². The van der Waals surface area contributed by atoms with Gasteiger partial charge in [0.15, 0.2) is 0 Å². The molecule has 1 amide bonds. The van der Waals surface area contributed by atoms with Crippen LogP contribution in [0.1, 0.15) is 32.1 Å². The minimum absolute atomic E-state index is 0.294. The topological polar surface area (TPSA) is 63.3 Å². The molecular formula is C8H15NO2. The van der Waals surface area contributed by atoms with Crippen molar-refractivity contribution >= 4 is 5.91 Å². The number of nitrogens with two attached hydrogens (primary N) is 1. The van der Waals surface area contributed by atoms with Crippen LogP contribution in [0.3, 0.4) is 0 Å². The van der Waals surface area contributed by atoms with Crippen molar-refractivity contribution in [2.24, 2.45) is 11.7 Å². The molecule has 3 nitrogen and oxygen atoms in total. The van der Waals surface area contributed by atoms with Gasteiger partial charge >= 0.3 is 0 Å². The Kier molecular flexibility index (Phi) is 2.88. The van der Waals surface area contributed by atoms with Crippen molar-refractivity contribution in [1.29, 1.82) is 0 Å². The first-order valence-electron chi connectivity index (χ1n) is 4.19. The third kappa shape index (κ3) is 2.19. The molecule has 0 heterocycles. The fourth-order valence-corrected chi connectivity index (χ4v) is 1.62. The molecule has 3 heteroatoms. The molecular weight excluding hydrogens is 142 g/mol. The number of amides is 1. The number of hydrogen-bond donors (Lipinski definition) is 2. The molecule has 0 aliphatic heterocycles. The summed E-state index contributed by atoms with van der Waals surface area (Å²) in [7, 11) is 0. The quantitative estimate of drug-likeness (QED) is 0.541. The zero-order valence-electron chi connectivity index (χ0n) is 6.62. The van der Waals surface area contributed by atoms with Crippen LogP contribution in [0.5, 0.6) is 0 Å². The first-order chi connectivity index (χ1) is 5.22. The van der Waals surface area contributed by atoms with Crippen molar-refractivity contribution in [3.63, 3.8) is 0 Å². The SMILES string of the molecule is NC(=O)[C@@H]1CCCCC[C@@H]1O. The molecule has 0 aromatic heterocycles. The number of carbonyl (C=O) groups is 1. The molecule has 0 radical (unpaired) electrons. The number of carbonyl (C=O) groups excluding carboxylic acids is 1. The average molecular weight is 157 g/mol. The molecule has 0 aromatic carbocycles. The number of primary amides is 1. The Morgan fingerprint density at radius 2 is 1.91 bits per heavy atom. The van der Waals surface area contributed by atoms with Gasteiger partial charge in [-0.1, -0.05) is 19.3 Å². The summed E-state index contributed by atoms with van der Waals surface area (Å²) in [6.07, 6.45) is 4.15. The van der Waals surface area contributed by atoms with Gasteiger partial charge in [0.2, 0.25) is 5.91 Å². The summed E-state index contributed by atoms with van der Waals surface area (Å²) in [6, 6.07) is 0.